The fourth-order valence-electron chi connectivity index (χ4n) is 4.24. The molecule has 1 aliphatic heterocycles. The van der Waals surface area contributed by atoms with Gasteiger partial charge in [-0.25, -0.2) is 0 Å². The summed E-state index contributed by atoms with van der Waals surface area (Å²) < 4.78 is 6.27. The van der Waals surface area contributed by atoms with Crippen LogP contribution in [-0.2, 0) is 4.74 Å². The van der Waals surface area contributed by atoms with E-state index in [1.807, 2.05) is 0 Å². The zero-order valence-electron chi connectivity index (χ0n) is 13.8. The Morgan fingerprint density at radius 2 is 1.84 bits per heavy atom. The minimum atomic E-state index is 0.281. The lowest BCUT2D eigenvalue weighted by Gasteiger charge is -2.45. The molecule has 1 atom stereocenters. The third-order valence-electron chi connectivity index (χ3n) is 6.42. The molecule has 1 heteroatoms. The average Bonchev–Trinajstić information content (AvgIpc) is 2.73. The highest BCUT2D eigenvalue weighted by Gasteiger charge is 2.45. The van der Waals surface area contributed by atoms with Crippen molar-refractivity contribution in [1.29, 1.82) is 0 Å². The molecule has 1 spiro atoms. The summed E-state index contributed by atoms with van der Waals surface area (Å²) in [7, 11) is 0. The molecule has 0 aromatic rings. The highest BCUT2D eigenvalue weighted by molar-refractivity contribution is 4.96. The topological polar surface area (TPSA) is 9.23 Å². The van der Waals surface area contributed by atoms with Crippen LogP contribution in [0.3, 0.4) is 0 Å². The first-order chi connectivity index (χ1) is 8.89. The van der Waals surface area contributed by atoms with Crippen molar-refractivity contribution in [3.05, 3.63) is 0 Å². The van der Waals surface area contributed by atoms with E-state index >= 15 is 0 Å². The van der Waals surface area contributed by atoms with E-state index < -0.39 is 0 Å². The van der Waals surface area contributed by atoms with Crippen LogP contribution in [0.15, 0.2) is 0 Å². The fourth-order valence-corrected chi connectivity index (χ4v) is 4.24. The molecule has 112 valence electrons. The molecule has 0 N–H and O–H groups in total. The first-order valence-electron chi connectivity index (χ1n) is 8.53. The third-order valence-corrected chi connectivity index (χ3v) is 6.42. The van der Waals surface area contributed by atoms with Gasteiger partial charge in [0.25, 0.3) is 0 Å². The third kappa shape index (κ3) is 3.17. The predicted octanol–water partition coefficient (Wildman–Crippen LogP) is 5.43. The van der Waals surface area contributed by atoms with Gasteiger partial charge in [-0.3, -0.25) is 0 Å². The van der Waals surface area contributed by atoms with E-state index in [1.54, 1.807) is 0 Å². The van der Waals surface area contributed by atoms with Crippen molar-refractivity contribution in [3.63, 3.8) is 0 Å². The Kier molecular flexibility index (Phi) is 4.65. The Labute approximate surface area is 120 Å². The Morgan fingerprint density at radius 3 is 2.37 bits per heavy atom. The van der Waals surface area contributed by atoms with Gasteiger partial charge in [-0.2, -0.15) is 0 Å². The van der Waals surface area contributed by atoms with Crippen molar-refractivity contribution >= 4 is 0 Å². The summed E-state index contributed by atoms with van der Waals surface area (Å²) in [5, 5.41) is 0. The van der Waals surface area contributed by atoms with Crippen LogP contribution in [0, 0.1) is 23.2 Å². The highest BCUT2D eigenvalue weighted by Crippen LogP contribution is 2.50. The minimum absolute atomic E-state index is 0.281. The Balaban J connectivity index is 1.89. The van der Waals surface area contributed by atoms with E-state index in [-0.39, 0.29) is 5.60 Å². The van der Waals surface area contributed by atoms with Crippen LogP contribution in [-0.4, -0.2) is 12.2 Å². The van der Waals surface area contributed by atoms with E-state index in [2.05, 4.69) is 34.6 Å². The molecule has 2 rings (SSSR count). The molecule has 1 saturated carbocycles. The quantitative estimate of drug-likeness (QED) is 0.659. The number of rotatable bonds is 4. The largest absolute Gasteiger partial charge is 0.375 e. The molecule has 2 fully saturated rings. The maximum Gasteiger partial charge on any atom is 0.0686 e. The van der Waals surface area contributed by atoms with E-state index in [0.717, 1.165) is 24.4 Å². The van der Waals surface area contributed by atoms with Crippen molar-refractivity contribution in [1.82, 2.24) is 0 Å². The van der Waals surface area contributed by atoms with Crippen molar-refractivity contribution in [2.45, 2.75) is 85.2 Å². The number of ether oxygens (including phenoxy) is 1. The lowest BCUT2D eigenvalue weighted by atomic mass is 9.62. The Morgan fingerprint density at radius 1 is 1.21 bits per heavy atom. The standard InChI is InChI=1S/C18H34O/c1-6-7-15-12-18(19-13-15)10-8-16(9-11-18)17(4,5)14(2)3/h14-16H,6-13H2,1-5H3. The van der Waals surface area contributed by atoms with Crippen LogP contribution in [0.5, 0.6) is 0 Å². The van der Waals surface area contributed by atoms with Gasteiger partial charge in [0.15, 0.2) is 0 Å². The maximum absolute atomic E-state index is 6.27. The Bertz CT molecular complexity index is 284. The van der Waals surface area contributed by atoms with Gasteiger partial charge in [-0.1, -0.05) is 41.0 Å². The van der Waals surface area contributed by atoms with Gasteiger partial charge in [-0.05, 0) is 61.7 Å². The average molecular weight is 266 g/mol. The summed E-state index contributed by atoms with van der Waals surface area (Å²) in [5.74, 6) is 2.52. The van der Waals surface area contributed by atoms with E-state index in [9.17, 15) is 0 Å². The van der Waals surface area contributed by atoms with E-state index in [0.29, 0.717) is 5.41 Å². The molecule has 1 saturated heterocycles. The number of hydrogen-bond acceptors (Lipinski definition) is 1. The molecular formula is C18H34O. The molecule has 19 heavy (non-hydrogen) atoms. The highest BCUT2D eigenvalue weighted by atomic mass is 16.5. The Hall–Kier alpha value is -0.0400. The van der Waals surface area contributed by atoms with Gasteiger partial charge in [-0.15, -0.1) is 0 Å². The van der Waals surface area contributed by atoms with Gasteiger partial charge in [0.1, 0.15) is 0 Å². The van der Waals surface area contributed by atoms with Crippen molar-refractivity contribution in [2.24, 2.45) is 23.2 Å². The lowest BCUT2D eigenvalue weighted by molar-refractivity contribution is -0.0539. The monoisotopic (exact) mass is 266 g/mol. The molecule has 1 nitrogen and oxygen atoms in total. The summed E-state index contributed by atoms with van der Waals surface area (Å²) in [4.78, 5) is 0. The van der Waals surface area contributed by atoms with Crippen LogP contribution in [0.1, 0.15) is 79.6 Å². The molecule has 0 radical (unpaired) electrons. The maximum atomic E-state index is 6.27. The lowest BCUT2D eigenvalue weighted by Crippen LogP contribution is -2.39. The normalized spacial score (nSPS) is 36.3. The summed E-state index contributed by atoms with van der Waals surface area (Å²) in [6, 6.07) is 0. The fraction of sp³-hybridized carbons (Fsp3) is 1.00. The molecule has 1 heterocycles. The summed E-state index contributed by atoms with van der Waals surface area (Å²) in [6.45, 7) is 13.0. The van der Waals surface area contributed by atoms with E-state index in [1.165, 1.54) is 44.9 Å². The summed E-state index contributed by atoms with van der Waals surface area (Å²) in [5.41, 5.74) is 0.770. The molecule has 0 bridgehead atoms. The van der Waals surface area contributed by atoms with Crippen LogP contribution in [0.4, 0.5) is 0 Å². The van der Waals surface area contributed by atoms with Crippen LogP contribution >= 0.6 is 0 Å². The SMILES string of the molecule is CCCC1COC2(CCC(C(C)(C)C(C)C)CC2)C1. The zero-order valence-corrected chi connectivity index (χ0v) is 13.8. The first kappa shape index (κ1) is 15.4. The van der Waals surface area contributed by atoms with Crippen molar-refractivity contribution < 1.29 is 4.74 Å². The minimum Gasteiger partial charge on any atom is -0.375 e. The predicted molar refractivity (Wildman–Crippen MR) is 82.3 cm³/mol. The molecular weight excluding hydrogens is 232 g/mol. The van der Waals surface area contributed by atoms with Gasteiger partial charge >= 0.3 is 0 Å². The second-order valence-electron chi connectivity index (χ2n) is 8.10. The van der Waals surface area contributed by atoms with Crippen LogP contribution in [0.2, 0.25) is 0 Å². The van der Waals surface area contributed by atoms with Gasteiger partial charge in [0.2, 0.25) is 0 Å². The summed E-state index contributed by atoms with van der Waals surface area (Å²) in [6.07, 6.45) is 9.40. The van der Waals surface area contributed by atoms with Crippen molar-refractivity contribution in [3.8, 4) is 0 Å². The smallest absolute Gasteiger partial charge is 0.0686 e. The molecule has 2 aliphatic rings. The molecule has 0 amide bonds. The summed E-state index contributed by atoms with van der Waals surface area (Å²) >= 11 is 0. The molecule has 1 aliphatic carbocycles. The van der Waals surface area contributed by atoms with Gasteiger partial charge in [0, 0.05) is 0 Å². The van der Waals surface area contributed by atoms with Crippen LogP contribution in [0.25, 0.3) is 0 Å². The van der Waals surface area contributed by atoms with Gasteiger partial charge in [0.05, 0.1) is 12.2 Å². The van der Waals surface area contributed by atoms with Crippen LogP contribution < -0.4 is 0 Å². The molecule has 0 aromatic carbocycles. The first-order valence-corrected chi connectivity index (χ1v) is 8.53. The molecule has 1 unspecified atom stereocenters. The van der Waals surface area contributed by atoms with E-state index in [4.69, 9.17) is 4.74 Å². The second-order valence-corrected chi connectivity index (χ2v) is 8.10. The zero-order chi connectivity index (χ0) is 14.1. The second kappa shape index (κ2) is 5.76. The van der Waals surface area contributed by atoms with Crippen molar-refractivity contribution in [2.75, 3.05) is 6.61 Å². The number of hydrogen-bond donors (Lipinski definition) is 0. The van der Waals surface area contributed by atoms with Gasteiger partial charge < -0.3 is 4.74 Å². The molecule has 0 aromatic heterocycles.